The van der Waals surface area contributed by atoms with Crippen LogP contribution in [0.15, 0.2) is 47.5 Å². The average molecular weight is 283 g/mol. The van der Waals surface area contributed by atoms with Crippen LogP contribution in [0, 0.1) is 0 Å². The molecule has 0 bridgehead atoms. The fraction of sp³-hybridized carbons (Fsp3) is 0.250. The fourth-order valence-electron chi connectivity index (χ4n) is 2.42. The van der Waals surface area contributed by atoms with Gasteiger partial charge in [0.15, 0.2) is 0 Å². The van der Waals surface area contributed by atoms with Crippen molar-refractivity contribution in [3.8, 4) is 0 Å². The van der Waals surface area contributed by atoms with Crippen molar-refractivity contribution in [2.45, 2.75) is 19.4 Å². The van der Waals surface area contributed by atoms with Crippen molar-refractivity contribution in [2.24, 2.45) is 0 Å². The van der Waals surface area contributed by atoms with Crippen LogP contribution in [-0.4, -0.2) is 16.5 Å². The molecule has 0 saturated carbocycles. The van der Waals surface area contributed by atoms with Gasteiger partial charge in [-0.05, 0) is 30.0 Å². The number of pyridine rings is 1. The quantitative estimate of drug-likeness (QED) is 0.774. The molecule has 0 aliphatic heterocycles. The number of hydrogen-bond acceptors (Lipinski definition) is 4. The van der Waals surface area contributed by atoms with Gasteiger partial charge in [-0.15, -0.1) is 11.3 Å². The summed E-state index contributed by atoms with van der Waals surface area (Å²) in [5.41, 5.74) is 4.22. The Balaban J connectivity index is 2.09. The Morgan fingerprint density at radius 1 is 1.30 bits per heavy atom. The number of nitrogens with zero attached hydrogens (tertiary/aromatic N) is 2. The zero-order valence-electron chi connectivity index (χ0n) is 11.4. The SMILES string of the molecule is CCCNC(c1cscn1)c1cccc2ccncc12. The lowest BCUT2D eigenvalue weighted by Gasteiger charge is -2.19. The molecule has 0 fully saturated rings. The maximum absolute atomic E-state index is 4.49. The van der Waals surface area contributed by atoms with E-state index in [9.17, 15) is 0 Å². The van der Waals surface area contributed by atoms with Gasteiger partial charge < -0.3 is 5.32 Å². The molecule has 0 amide bonds. The van der Waals surface area contributed by atoms with Crippen molar-refractivity contribution >= 4 is 22.1 Å². The van der Waals surface area contributed by atoms with Crippen LogP contribution in [0.4, 0.5) is 0 Å². The molecule has 0 spiro atoms. The summed E-state index contributed by atoms with van der Waals surface area (Å²) in [5, 5.41) is 8.12. The maximum Gasteiger partial charge on any atom is 0.0795 e. The highest BCUT2D eigenvalue weighted by molar-refractivity contribution is 7.07. The van der Waals surface area contributed by atoms with Crippen LogP contribution >= 0.6 is 11.3 Å². The average Bonchev–Trinajstić information content (AvgIpc) is 3.02. The summed E-state index contributed by atoms with van der Waals surface area (Å²) in [6.45, 7) is 3.15. The minimum atomic E-state index is 0.133. The molecule has 1 unspecified atom stereocenters. The van der Waals surface area contributed by atoms with Gasteiger partial charge in [0.1, 0.15) is 0 Å². The molecule has 2 heterocycles. The second-order valence-corrected chi connectivity index (χ2v) is 5.46. The van der Waals surface area contributed by atoms with E-state index in [-0.39, 0.29) is 6.04 Å². The van der Waals surface area contributed by atoms with Crippen molar-refractivity contribution in [3.63, 3.8) is 0 Å². The number of benzene rings is 1. The highest BCUT2D eigenvalue weighted by Crippen LogP contribution is 2.28. The van der Waals surface area contributed by atoms with Crippen LogP contribution in [0.25, 0.3) is 10.8 Å². The van der Waals surface area contributed by atoms with Crippen LogP contribution in [0.1, 0.15) is 30.6 Å². The number of nitrogens with one attached hydrogen (secondary N) is 1. The summed E-state index contributed by atoms with van der Waals surface area (Å²) in [7, 11) is 0. The van der Waals surface area contributed by atoms with Crippen molar-refractivity contribution in [2.75, 3.05) is 6.54 Å². The van der Waals surface area contributed by atoms with E-state index in [1.54, 1.807) is 11.3 Å². The van der Waals surface area contributed by atoms with Gasteiger partial charge in [-0.25, -0.2) is 4.98 Å². The molecule has 1 N–H and O–H groups in total. The van der Waals surface area contributed by atoms with E-state index in [0.29, 0.717) is 0 Å². The largest absolute Gasteiger partial charge is 0.305 e. The van der Waals surface area contributed by atoms with E-state index in [2.05, 4.69) is 51.9 Å². The molecule has 1 atom stereocenters. The van der Waals surface area contributed by atoms with Gasteiger partial charge in [-0.1, -0.05) is 25.1 Å². The van der Waals surface area contributed by atoms with Crippen LogP contribution in [0.5, 0.6) is 0 Å². The Labute approximate surface area is 122 Å². The molecule has 0 aliphatic rings. The van der Waals surface area contributed by atoms with Crippen molar-refractivity contribution in [3.05, 3.63) is 58.8 Å². The lowest BCUT2D eigenvalue weighted by Crippen LogP contribution is -2.23. The molecule has 3 aromatic rings. The van der Waals surface area contributed by atoms with Crippen molar-refractivity contribution in [1.82, 2.24) is 15.3 Å². The van der Waals surface area contributed by atoms with Gasteiger partial charge >= 0.3 is 0 Å². The topological polar surface area (TPSA) is 37.8 Å². The third-order valence-electron chi connectivity index (χ3n) is 3.37. The van der Waals surface area contributed by atoms with Gasteiger partial charge in [0.25, 0.3) is 0 Å². The molecule has 4 heteroatoms. The molecule has 0 aliphatic carbocycles. The maximum atomic E-state index is 4.49. The Hall–Kier alpha value is -1.78. The number of hydrogen-bond donors (Lipinski definition) is 1. The van der Waals surface area contributed by atoms with E-state index >= 15 is 0 Å². The number of aromatic nitrogens is 2. The van der Waals surface area contributed by atoms with Gasteiger partial charge in [-0.3, -0.25) is 4.98 Å². The fourth-order valence-corrected chi connectivity index (χ4v) is 3.00. The van der Waals surface area contributed by atoms with E-state index < -0.39 is 0 Å². The first-order chi connectivity index (χ1) is 9.90. The third-order valence-corrected chi connectivity index (χ3v) is 3.98. The molecule has 0 radical (unpaired) electrons. The summed E-state index contributed by atoms with van der Waals surface area (Å²) in [6, 6.07) is 8.57. The first kappa shape index (κ1) is 13.2. The van der Waals surface area contributed by atoms with Gasteiger partial charge in [-0.2, -0.15) is 0 Å². The minimum absolute atomic E-state index is 0.133. The van der Waals surface area contributed by atoms with Gasteiger partial charge in [0, 0.05) is 23.2 Å². The zero-order chi connectivity index (χ0) is 13.8. The standard InChI is InChI=1S/C16H17N3S/c1-2-7-18-16(15-10-20-11-19-15)13-5-3-4-12-6-8-17-9-14(12)13/h3-6,8-11,16,18H,2,7H2,1H3. The summed E-state index contributed by atoms with van der Waals surface area (Å²) in [4.78, 5) is 8.76. The molecule has 102 valence electrons. The van der Waals surface area contributed by atoms with Crippen LogP contribution < -0.4 is 5.32 Å². The highest BCUT2D eigenvalue weighted by Gasteiger charge is 2.17. The van der Waals surface area contributed by atoms with Crippen LogP contribution in [0.3, 0.4) is 0 Å². The predicted octanol–water partition coefficient (Wildman–Crippen LogP) is 3.78. The number of rotatable bonds is 5. The second-order valence-electron chi connectivity index (χ2n) is 4.74. The number of thiazole rings is 1. The van der Waals surface area contributed by atoms with E-state index in [4.69, 9.17) is 0 Å². The summed E-state index contributed by atoms with van der Waals surface area (Å²) >= 11 is 1.63. The zero-order valence-corrected chi connectivity index (χ0v) is 12.2. The highest BCUT2D eigenvalue weighted by atomic mass is 32.1. The monoisotopic (exact) mass is 283 g/mol. The summed E-state index contributed by atoms with van der Waals surface area (Å²) < 4.78 is 0. The molecule has 1 aromatic carbocycles. The first-order valence-electron chi connectivity index (χ1n) is 6.84. The molecular weight excluding hydrogens is 266 g/mol. The predicted molar refractivity (Wildman–Crippen MR) is 84.0 cm³/mol. The Kier molecular flexibility index (Phi) is 4.04. The van der Waals surface area contributed by atoms with Crippen molar-refractivity contribution < 1.29 is 0 Å². The first-order valence-corrected chi connectivity index (χ1v) is 7.78. The van der Waals surface area contributed by atoms with Gasteiger partial charge in [0.2, 0.25) is 0 Å². The molecule has 3 nitrogen and oxygen atoms in total. The minimum Gasteiger partial charge on any atom is -0.305 e. The molecule has 0 saturated heterocycles. The number of fused-ring (bicyclic) bond motifs is 1. The third kappa shape index (κ3) is 2.57. The van der Waals surface area contributed by atoms with Crippen LogP contribution in [0.2, 0.25) is 0 Å². The second kappa shape index (κ2) is 6.11. The van der Waals surface area contributed by atoms with E-state index in [0.717, 1.165) is 18.7 Å². The molecule has 3 rings (SSSR count). The molecule has 2 aromatic heterocycles. The lowest BCUT2D eigenvalue weighted by molar-refractivity contribution is 0.592. The molecular formula is C16H17N3S. The lowest BCUT2D eigenvalue weighted by atomic mass is 9.98. The van der Waals surface area contributed by atoms with E-state index in [1.165, 1.54) is 16.3 Å². The van der Waals surface area contributed by atoms with Gasteiger partial charge in [0.05, 0.1) is 17.2 Å². The summed E-state index contributed by atoms with van der Waals surface area (Å²) in [6.07, 6.45) is 4.88. The normalized spacial score (nSPS) is 12.7. The van der Waals surface area contributed by atoms with E-state index in [1.807, 2.05) is 17.9 Å². The van der Waals surface area contributed by atoms with Crippen LogP contribution in [-0.2, 0) is 0 Å². The molecule has 20 heavy (non-hydrogen) atoms. The summed E-state index contributed by atoms with van der Waals surface area (Å²) in [5.74, 6) is 0. The Morgan fingerprint density at radius 2 is 2.25 bits per heavy atom. The smallest absolute Gasteiger partial charge is 0.0795 e. The Bertz CT molecular complexity index is 674. The van der Waals surface area contributed by atoms with Crippen molar-refractivity contribution in [1.29, 1.82) is 0 Å². The Morgan fingerprint density at radius 3 is 3.05 bits per heavy atom.